The Labute approximate surface area is 144 Å². The number of carbonyl (C=O) groups is 2. The van der Waals surface area contributed by atoms with Gasteiger partial charge in [0.05, 0.1) is 5.41 Å². The van der Waals surface area contributed by atoms with Gasteiger partial charge in [-0.3, -0.25) is 14.1 Å². The standard InChI is InChI=1S/C16H30O7S/c1-5-11(6-2)9-16(15(19)20,10-12(7-3)8-4)13(14(17)18)24(21,22)23/h11-13H,5-10H2,1-4H3,(H,17,18)(H,19,20)(H,21,22,23). The average molecular weight is 366 g/mol. The van der Waals surface area contributed by atoms with Gasteiger partial charge in [0.1, 0.15) is 0 Å². The maximum Gasteiger partial charge on any atom is 0.325 e. The third kappa shape index (κ3) is 5.44. The van der Waals surface area contributed by atoms with Gasteiger partial charge in [-0.15, -0.1) is 0 Å². The van der Waals surface area contributed by atoms with Crippen LogP contribution in [0.1, 0.15) is 66.2 Å². The monoisotopic (exact) mass is 366 g/mol. The average Bonchev–Trinajstić information content (AvgIpc) is 2.47. The number of carboxylic acid groups (broad SMARTS) is 2. The summed E-state index contributed by atoms with van der Waals surface area (Å²) in [7, 11) is -5.07. The summed E-state index contributed by atoms with van der Waals surface area (Å²) in [5.74, 6) is -3.58. The normalized spacial score (nSPS) is 14.1. The predicted octanol–water partition coefficient (Wildman–Crippen LogP) is 3.05. The second kappa shape index (κ2) is 9.36. The zero-order valence-electron chi connectivity index (χ0n) is 14.9. The van der Waals surface area contributed by atoms with Gasteiger partial charge in [0.25, 0.3) is 10.1 Å². The Kier molecular flexibility index (Phi) is 8.91. The van der Waals surface area contributed by atoms with Crippen LogP contribution in [0.25, 0.3) is 0 Å². The van der Waals surface area contributed by atoms with Gasteiger partial charge in [0.15, 0.2) is 5.25 Å². The SMILES string of the molecule is CCC(CC)CC(CC(CC)CC)(C(=O)O)C(C(=O)O)S(=O)(=O)O. The predicted molar refractivity (Wildman–Crippen MR) is 90.4 cm³/mol. The first-order valence-corrected chi connectivity index (χ1v) is 9.92. The van der Waals surface area contributed by atoms with Crippen molar-refractivity contribution in [2.24, 2.45) is 17.3 Å². The topological polar surface area (TPSA) is 129 Å². The lowest BCUT2D eigenvalue weighted by atomic mass is 9.68. The minimum Gasteiger partial charge on any atom is -0.481 e. The highest BCUT2D eigenvalue weighted by atomic mass is 32.2. The molecule has 0 radical (unpaired) electrons. The Hall–Kier alpha value is -1.15. The van der Waals surface area contributed by atoms with E-state index in [9.17, 15) is 32.8 Å². The van der Waals surface area contributed by atoms with Crippen LogP contribution in [-0.4, -0.2) is 40.4 Å². The van der Waals surface area contributed by atoms with Crippen LogP contribution in [0.3, 0.4) is 0 Å². The van der Waals surface area contributed by atoms with Crippen molar-refractivity contribution in [1.29, 1.82) is 0 Å². The van der Waals surface area contributed by atoms with E-state index in [1.807, 2.05) is 27.7 Å². The van der Waals surface area contributed by atoms with E-state index >= 15 is 0 Å². The van der Waals surface area contributed by atoms with Gasteiger partial charge in [-0.2, -0.15) is 8.42 Å². The van der Waals surface area contributed by atoms with Gasteiger partial charge in [-0.25, -0.2) is 0 Å². The fraction of sp³-hybridized carbons (Fsp3) is 0.875. The summed E-state index contributed by atoms with van der Waals surface area (Å²) in [5.41, 5.74) is -2.05. The Bertz CT molecular complexity index is 505. The van der Waals surface area contributed by atoms with Crippen LogP contribution in [0, 0.1) is 17.3 Å². The fourth-order valence-electron chi connectivity index (χ4n) is 3.42. The summed E-state index contributed by atoms with van der Waals surface area (Å²) >= 11 is 0. The van der Waals surface area contributed by atoms with E-state index < -0.39 is 32.7 Å². The summed E-state index contributed by atoms with van der Waals surface area (Å²) in [6.45, 7) is 7.39. The first-order chi connectivity index (χ1) is 11.0. The molecule has 0 aliphatic rings. The first-order valence-electron chi connectivity index (χ1n) is 8.42. The van der Waals surface area contributed by atoms with E-state index in [0.717, 1.165) is 0 Å². The number of hydrogen-bond donors (Lipinski definition) is 3. The zero-order valence-corrected chi connectivity index (χ0v) is 15.7. The fourth-order valence-corrected chi connectivity index (χ4v) is 4.54. The van der Waals surface area contributed by atoms with Gasteiger partial charge in [0.2, 0.25) is 0 Å². The molecule has 0 aromatic rings. The van der Waals surface area contributed by atoms with E-state index in [-0.39, 0.29) is 24.7 Å². The quantitative estimate of drug-likeness (QED) is 0.453. The summed E-state index contributed by atoms with van der Waals surface area (Å²) in [6.07, 6.45) is 2.22. The third-order valence-corrected chi connectivity index (χ3v) is 6.31. The van der Waals surface area contributed by atoms with Crippen molar-refractivity contribution in [2.75, 3.05) is 0 Å². The summed E-state index contributed by atoms with van der Waals surface area (Å²) in [5, 5.41) is 16.9. The lowest BCUT2D eigenvalue weighted by Crippen LogP contribution is -2.52. The van der Waals surface area contributed by atoms with Crippen LogP contribution in [0.2, 0.25) is 0 Å². The van der Waals surface area contributed by atoms with Crippen LogP contribution in [0.5, 0.6) is 0 Å². The highest BCUT2D eigenvalue weighted by molar-refractivity contribution is 7.87. The summed E-state index contributed by atoms with van der Waals surface area (Å²) in [6, 6.07) is 0. The van der Waals surface area contributed by atoms with Crippen LogP contribution in [-0.2, 0) is 19.7 Å². The molecule has 0 bridgehead atoms. The van der Waals surface area contributed by atoms with Crippen molar-refractivity contribution >= 4 is 22.1 Å². The van der Waals surface area contributed by atoms with Crippen molar-refractivity contribution in [3.63, 3.8) is 0 Å². The Morgan fingerprint density at radius 3 is 1.38 bits per heavy atom. The Balaban J connectivity index is 6.35. The molecule has 0 aliphatic heterocycles. The smallest absolute Gasteiger partial charge is 0.325 e. The van der Waals surface area contributed by atoms with Gasteiger partial charge in [0, 0.05) is 0 Å². The highest BCUT2D eigenvalue weighted by Gasteiger charge is 2.57. The van der Waals surface area contributed by atoms with Crippen molar-refractivity contribution in [1.82, 2.24) is 0 Å². The molecule has 8 heteroatoms. The molecule has 0 aromatic carbocycles. The molecule has 0 aromatic heterocycles. The van der Waals surface area contributed by atoms with Crippen molar-refractivity contribution in [3.05, 3.63) is 0 Å². The van der Waals surface area contributed by atoms with Crippen LogP contribution < -0.4 is 0 Å². The van der Waals surface area contributed by atoms with Gasteiger partial charge in [-0.1, -0.05) is 53.4 Å². The zero-order chi connectivity index (χ0) is 19.1. The second-order valence-electron chi connectivity index (χ2n) is 6.47. The van der Waals surface area contributed by atoms with Crippen molar-refractivity contribution < 1.29 is 32.8 Å². The molecule has 1 atom stereocenters. The molecular formula is C16H30O7S. The van der Waals surface area contributed by atoms with E-state index in [1.165, 1.54) is 0 Å². The number of aliphatic carboxylic acids is 2. The number of hydrogen-bond acceptors (Lipinski definition) is 4. The van der Waals surface area contributed by atoms with E-state index in [0.29, 0.717) is 25.7 Å². The molecule has 0 aliphatic carbocycles. The lowest BCUT2D eigenvalue weighted by molar-refractivity contribution is -0.158. The third-order valence-electron chi connectivity index (χ3n) is 5.07. The lowest BCUT2D eigenvalue weighted by Gasteiger charge is -2.38. The van der Waals surface area contributed by atoms with Crippen LogP contribution in [0.15, 0.2) is 0 Å². The summed E-state index contributed by atoms with van der Waals surface area (Å²) in [4.78, 5) is 23.7. The van der Waals surface area contributed by atoms with Crippen LogP contribution in [0.4, 0.5) is 0 Å². The van der Waals surface area contributed by atoms with Crippen molar-refractivity contribution in [2.45, 2.75) is 71.5 Å². The van der Waals surface area contributed by atoms with Crippen LogP contribution >= 0.6 is 0 Å². The second-order valence-corrected chi connectivity index (χ2v) is 7.97. The van der Waals surface area contributed by atoms with Gasteiger partial charge < -0.3 is 10.2 Å². The largest absolute Gasteiger partial charge is 0.481 e. The molecule has 3 N–H and O–H groups in total. The van der Waals surface area contributed by atoms with E-state index in [2.05, 4.69) is 0 Å². The molecular weight excluding hydrogens is 336 g/mol. The maximum atomic E-state index is 12.1. The Morgan fingerprint density at radius 2 is 1.21 bits per heavy atom. The molecule has 24 heavy (non-hydrogen) atoms. The number of carboxylic acids is 2. The molecule has 0 heterocycles. The highest BCUT2D eigenvalue weighted by Crippen LogP contribution is 2.43. The maximum absolute atomic E-state index is 12.1. The number of rotatable bonds is 12. The minimum atomic E-state index is -5.07. The molecule has 7 nitrogen and oxygen atoms in total. The molecule has 0 spiro atoms. The first kappa shape index (κ1) is 22.9. The minimum absolute atomic E-state index is 0.0947. The molecule has 0 fully saturated rings. The van der Waals surface area contributed by atoms with E-state index in [1.54, 1.807) is 0 Å². The molecule has 142 valence electrons. The van der Waals surface area contributed by atoms with Crippen molar-refractivity contribution in [3.8, 4) is 0 Å². The molecule has 0 rings (SSSR count). The van der Waals surface area contributed by atoms with Gasteiger partial charge in [-0.05, 0) is 24.7 Å². The van der Waals surface area contributed by atoms with Gasteiger partial charge >= 0.3 is 11.9 Å². The Morgan fingerprint density at radius 1 is 0.875 bits per heavy atom. The molecule has 0 saturated carbocycles. The molecule has 0 amide bonds. The van der Waals surface area contributed by atoms with E-state index in [4.69, 9.17) is 0 Å². The summed E-state index contributed by atoms with van der Waals surface area (Å²) < 4.78 is 33.0. The molecule has 1 unspecified atom stereocenters. The molecule has 0 saturated heterocycles.